The Morgan fingerprint density at radius 2 is 2.16 bits per heavy atom. The maximum Gasteiger partial charge on any atom is 0.0798 e. The molecule has 1 atom stereocenters. The van der Waals surface area contributed by atoms with Crippen molar-refractivity contribution in [2.75, 3.05) is 0 Å². The number of thiazole rings is 1. The molecule has 0 bridgehead atoms. The van der Waals surface area contributed by atoms with Crippen molar-refractivity contribution in [1.29, 1.82) is 0 Å². The second kappa shape index (κ2) is 6.83. The third kappa shape index (κ3) is 4.44. The number of aromatic nitrogens is 1. The van der Waals surface area contributed by atoms with Crippen LogP contribution in [0.1, 0.15) is 35.0 Å². The Balaban J connectivity index is 1.76. The van der Waals surface area contributed by atoms with E-state index in [1.807, 2.05) is 5.51 Å². The van der Waals surface area contributed by atoms with E-state index >= 15 is 0 Å². The maximum absolute atomic E-state index is 4.28. The number of rotatable bonds is 6. The van der Waals surface area contributed by atoms with E-state index in [-0.39, 0.29) is 0 Å². The van der Waals surface area contributed by atoms with Crippen LogP contribution < -0.4 is 5.32 Å². The van der Waals surface area contributed by atoms with Gasteiger partial charge in [0, 0.05) is 17.5 Å². The number of nitrogens with zero attached hydrogens (tertiary/aromatic N) is 1. The molecule has 0 aliphatic heterocycles. The second-order valence-electron chi connectivity index (χ2n) is 5.17. The van der Waals surface area contributed by atoms with E-state index < -0.39 is 0 Å². The fourth-order valence-electron chi connectivity index (χ4n) is 2.12. The maximum atomic E-state index is 4.28. The minimum Gasteiger partial charge on any atom is -0.309 e. The zero-order valence-electron chi connectivity index (χ0n) is 11.9. The molecule has 0 amide bonds. The molecule has 2 rings (SSSR count). The van der Waals surface area contributed by atoms with Crippen molar-refractivity contribution in [2.24, 2.45) is 0 Å². The van der Waals surface area contributed by atoms with Gasteiger partial charge < -0.3 is 5.32 Å². The lowest BCUT2D eigenvalue weighted by Crippen LogP contribution is -2.25. The summed E-state index contributed by atoms with van der Waals surface area (Å²) in [5, 5.41) is 3.58. The summed E-state index contributed by atoms with van der Waals surface area (Å²) < 4.78 is 0. The molecule has 102 valence electrons. The van der Waals surface area contributed by atoms with E-state index in [4.69, 9.17) is 0 Å². The van der Waals surface area contributed by atoms with Crippen molar-refractivity contribution in [1.82, 2.24) is 10.3 Å². The lowest BCUT2D eigenvalue weighted by molar-refractivity contribution is 0.515. The van der Waals surface area contributed by atoms with Crippen LogP contribution in [0, 0.1) is 13.8 Å². The van der Waals surface area contributed by atoms with Gasteiger partial charge in [-0.05, 0) is 39.2 Å². The average molecular weight is 274 g/mol. The van der Waals surface area contributed by atoms with Gasteiger partial charge >= 0.3 is 0 Å². The van der Waals surface area contributed by atoms with Crippen LogP contribution in [0.15, 0.2) is 29.8 Å². The van der Waals surface area contributed by atoms with Gasteiger partial charge in [0.25, 0.3) is 0 Å². The zero-order valence-corrected chi connectivity index (χ0v) is 12.8. The predicted octanol–water partition coefficient (Wildman–Crippen LogP) is 3.87. The molecule has 1 unspecified atom stereocenters. The summed E-state index contributed by atoms with van der Waals surface area (Å²) in [6, 6.07) is 9.32. The Kier molecular flexibility index (Phi) is 5.11. The molecule has 0 saturated heterocycles. The summed E-state index contributed by atoms with van der Waals surface area (Å²) in [6.45, 7) is 7.42. The zero-order chi connectivity index (χ0) is 13.7. The lowest BCUT2D eigenvalue weighted by atomic mass is 10.0. The Morgan fingerprint density at radius 1 is 1.32 bits per heavy atom. The van der Waals surface area contributed by atoms with Crippen molar-refractivity contribution in [3.05, 3.63) is 51.5 Å². The van der Waals surface area contributed by atoms with Crippen molar-refractivity contribution in [2.45, 2.75) is 46.2 Å². The Morgan fingerprint density at radius 3 is 2.84 bits per heavy atom. The highest BCUT2D eigenvalue weighted by molar-refractivity contribution is 7.09. The van der Waals surface area contributed by atoms with E-state index in [1.165, 1.54) is 22.4 Å². The molecule has 3 heteroatoms. The Hall–Kier alpha value is -1.19. The van der Waals surface area contributed by atoms with E-state index in [9.17, 15) is 0 Å². The van der Waals surface area contributed by atoms with Crippen LogP contribution in [-0.4, -0.2) is 11.0 Å². The summed E-state index contributed by atoms with van der Waals surface area (Å²) in [4.78, 5) is 5.63. The van der Waals surface area contributed by atoms with Gasteiger partial charge in [-0.3, -0.25) is 0 Å². The van der Waals surface area contributed by atoms with Gasteiger partial charge in [-0.25, -0.2) is 4.98 Å². The summed E-state index contributed by atoms with van der Waals surface area (Å²) in [6.07, 6.45) is 2.30. The van der Waals surface area contributed by atoms with Gasteiger partial charge in [-0.2, -0.15) is 0 Å². The summed E-state index contributed by atoms with van der Waals surface area (Å²) >= 11 is 1.73. The lowest BCUT2D eigenvalue weighted by Gasteiger charge is -2.13. The van der Waals surface area contributed by atoms with Crippen LogP contribution in [0.4, 0.5) is 0 Å². The summed E-state index contributed by atoms with van der Waals surface area (Å²) in [5.74, 6) is 0. The fourth-order valence-corrected chi connectivity index (χ4v) is 2.84. The van der Waals surface area contributed by atoms with E-state index in [1.54, 1.807) is 11.3 Å². The molecule has 0 aliphatic carbocycles. The van der Waals surface area contributed by atoms with Gasteiger partial charge in [-0.15, -0.1) is 11.3 Å². The highest BCUT2D eigenvalue weighted by Gasteiger charge is 2.05. The molecule has 0 aliphatic rings. The van der Waals surface area contributed by atoms with Crippen molar-refractivity contribution < 1.29 is 0 Å². The second-order valence-corrected chi connectivity index (χ2v) is 6.11. The molecule has 2 aromatic rings. The third-order valence-electron chi connectivity index (χ3n) is 3.40. The van der Waals surface area contributed by atoms with Gasteiger partial charge in [0.1, 0.15) is 0 Å². The first-order valence-corrected chi connectivity index (χ1v) is 7.71. The summed E-state index contributed by atoms with van der Waals surface area (Å²) in [5.41, 5.74) is 5.86. The molecule has 0 saturated carbocycles. The molecule has 1 aromatic heterocycles. The van der Waals surface area contributed by atoms with Crippen LogP contribution in [0.3, 0.4) is 0 Å². The number of hydrogen-bond acceptors (Lipinski definition) is 3. The third-order valence-corrected chi connectivity index (χ3v) is 4.34. The SMILES string of the molecule is Cc1cccc(CCC(C)NCc2scnc2C)c1. The quantitative estimate of drug-likeness (QED) is 0.865. The number of aryl methyl sites for hydroxylation is 3. The van der Waals surface area contributed by atoms with E-state index in [0.717, 1.165) is 18.7 Å². The van der Waals surface area contributed by atoms with Gasteiger partial charge in [0.2, 0.25) is 0 Å². The average Bonchev–Trinajstić information content (AvgIpc) is 2.80. The van der Waals surface area contributed by atoms with Gasteiger partial charge in [0.15, 0.2) is 0 Å². The minimum atomic E-state index is 0.530. The van der Waals surface area contributed by atoms with Crippen molar-refractivity contribution >= 4 is 11.3 Å². The van der Waals surface area contributed by atoms with Crippen LogP contribution >= 0.6 is 11.3 Å². The highest BCUT2D eigenvalue weighted by Crippen LogP contribution is 2.13. The van der Waals surface area contributed by atoms with Crippen molar-refractivity contribution in [3.8, 4) is 0 Å². The largest absolute Gasteiger partial charge is 0.309 e. The first-order chi connectivity index (χ1) is 9.15. The molecular formula is C16H22N2S. The molecule has 0 spiro atoms. The number of benzene rings is 1. The highest BCUT2D eigenvalue weighted by atomic mass is 32.1. The molecule has 0 fully saturated rings. The predicted molar refractivity (Wildman–Crippen MR) is 82.7 cm³/mol. The molecule has 2 nitrogen and oxygen atoms in total. The topological polar surface area (TPSA) is 24.9 Å². The Labute approximate surface area is 119 Å². The normalized spacial score (nSPS) is 12.6. The molecule has 19 heavy (non-hydrogen) atoms. The van der Waals surface area contributed by atoms with E-state index in [2.05, 4.69) is 55.3 Å². The minimum absolute atomic E-state index is 0.530. The Bertz CT molecular complexity index is 519. The first kappa shape index (κ1) is 14.2. The van der Waals surface area contributed by atoms with Gasteiger partial charge in [-0.1, -0.05) is 29.8 Å². The van der Waals surface area contributed by atoms with Gasteiger partial charge in [0.05, 0.1) is 11.2 Å². The molecule has 1 N–H and O–H groups in total. The molecular weight excluding hydrogens is 252 g/mol. The fraction of sp³-hybridized carbons (Fsp3) is 0.438. The number of nitrogens with one attached hydrogen (secondary N) is 1. The molecule has 1 heterocycles. The van der Waals surface area contributed by atoms with Crippen molar-refractivity contribution in [3.63, 3.8) is 0 Å². The summed E-state index contributed by atoms with van der Waals surface area (Å²) in [7, 11) is 0. The first-order valence-electron chi connectivity index (χ1n) is 6.83. The smallest absolute Gasteiger partial charge is 0.0798 e. The van der Waals surface area contributed by atoms with Crippen LogP contribution in [0.5, 0.6) is 0 Å². The molecule has 0 radical (unpaired) electrons. The monoisotopic (exact) mass is 274 g/mol. The van der Waals surface area contributed by atoms with E-state index in [0.29, 0.717) is 6.04 Å². The molecule has 1 aromatic carbocycles. The number of hydrogen-bond donors (Lipinski definition) is 1. The van der Waals surface area contributed by atoms with Crippen LogP contribution in [-0.2, 0) is 13.0 Å². The standard InChI is InChI=1S/C16H22N2S/c1-12-5-4-6-15(9-12)8-7-13(2)17-10-16-14(3)18-11-19-16/h4-6,9,11,13,17H,7-8,10H2,1-3H3. The van der Waals surface area contributed by atoms with Crippen LogP contribution in [0.2, 0.25) is 0 Å². The van der Waals surface area contributed by atoms with Crippen LogP contribution in [0.25, 0.3) is 0 Å².